The van der Waals surface area contributed by atoms with Crippen LogP contribution in [0.2, 0.25) is 0 Å². The van der Waals surface area contributed by atoms with Crippen molar-refractivity contribution >= 4 is 51.3 Å². The van der Waals surface area contributed by atoms with Gasteiger partial charge in [0.1, 0.15) is 5.75 Å². The van der Waals surface area contributed by atoms with Gasteiger partial charge in [0.25, 0.3) is 11.8 Å². The van der Waals surface area contributed by atoms with E-state index in [2.05, 4.69) is 0 Å². The molecule has 0 unspecified atom stereocenters. The summed E-state index contributed by atoms with van der Waals surface area (Å²) in [6, 6.07) is 19.3. The summed E-state index contributed by atoms with van der Waals surface area (Å²) in [5, 5.41) is 2.70. The largest absolute Gasteiger partial charge is 0.493 e. The van der Waals surface area contributed by atoms with Crippen molar-refractivity contribution in [1.82, 2.24) is 9.80 Å². The normalized spacial score (nSPS) is 18.3. The predicted molar refractivity (Wildman–Crippen MR) is 148 cm³/mol. The average Bonchev–Trinajstić information content (AvgIpc) is 3.23. The first-order valence-corrected chi connectivity index (χ1v) is 13.3. The molecule has 0 N–H and O–H groups in total. The number of carbonyl (C=O) groups excluding carboxylic acids is 2. The molecule has 190 valence electrons. The monoisotopic (exact) mass is 515 g/mol. The number of hydrogen-bond acceptors (Lipinski definition) is 6. The highest BCUT2D eigenvalue weighted by Gasteiger charge is 2.33. The number of hydrogen-bond donors (Lipinski definition) is 0. The summed E-state index contributed by atoms with van der Waals surface area (Å²) in [6.45, 7) is 7.16. The van der Waals surface area contributed by atoms with E-state index in [9.17, 15) is 9.59 Å². The standard InChI is InChI=1S/C29H29N3O4S/c1-3-32-28(34)26(19-24-23-11-6-5-8-20(23)12-13-25(24)36-4-2)37-29(32)30-22-10-7-9-21(18-22)27(33)31-14-16-35-17-15-31/h5-13,18-19H,3-4,14-17H2,1-2H3/b26-19+,30-29?. The lowest BCUT2D eigenvalue weighted by Gasteiger charge is -2.26. The van der Waals surface area contributed by atoms with E-state index in [1.165, 1.54) is 11.8 Å². The van der Waals surface area contributed by atoms with Gasteiger partial charge in [0.05, 0.1) is 30.4 Å². The van der Waals surface area contributed by atoms with Gasteiger partial charge in [0, 0.05) is 30.8 Å². The zero-order valence-corrected chi connectivity index (χ0v) is 21.8. The molecule has 2 aliphatic heterocycles. The lowest BCUT2D eigenvalue weighted by atomic mass is 10.0. The third-order valence-electron chi connectivity index (χ3n) is 6.33. The molecule has 2 fully saturated rings. The highest BCUT2D eigenvalue weighted by atomic mass is 32.2. The van der Waals surface area contributed by atoms with Crippen LogP contribution in [0.1, 0.15) is 29.8 Å². The number of morpholine rings is 1. The van der Waals surface area contributed by atoms with Crippen LogP contribution in [0.3, 0.4) is 0 Å². The summed E-state index contributed by atoms with van der Waals surface area (Å²) in [5.74, 6) is 0.611. The number of rotatable bonds is 6. The van der Waals surface area contributed by atoms with E-state index >= 15 is 0 Å². The van der Waals surface area contributed by atoms with Gasteiger partial charge in [-0.05, 0) is 66.7 Å². The number of nitrogens with zero attached hydrogens (tertiary/aromatic N) is 3. The summed E-state index contributed by atoms with van der Waals surface area (Å²) in [6.07, 6.45) is 1.91. The van der Waals surface area contributed by atoms with Crippen molar-refractivity contribution in [2.45, 2.75) is 13.8 Å². The van der Waals surface area contributed by atoms with Crippen molar-refractivity contribution in [3.05, 3.63) is 76.7 Å². The fourth-order valence-corrected chi connectivity index (χ4v) is 5.52. The van der Waals surface area contributed by atoms with Crippen molar-refractivity contribution < 1.29 is 19.1 Å². The van der Waals surface area contributed by atoms with E-state index < -0.39 is 0 Å². The van der Waals surface area contributed by atoms with E-state index in [0.717, 1.165) is 22.1 Å². The van der Waals surface area contributed by atoms with Crippen molar-refractivity contribution in [3.63, 3.8) is 0 Å². The van der Waals surface area contributed by atoms with Crippen LogP contribution in [0.4, 0.5) is 5.69 Å². The molecule has 3 aromatic rings. The number of aliphatic imine (C=N–C) groups is 1. The Kier molecular flexibility index (Phi) is 7.58. The van der Waals surface area contributed by atoms with Crippen LogP contribution in [-0.2, 0) is 9.53 Å². The summed E-state index contributed by atoms with van der Waals surface area (Å²) in [4.78, 5) is 35.1. The zero-order valence-electron chi connectivity index (χ0n) is 21.0. The maximum absolute atomic E-state index is 13.4. The van der Waals surface area contributed by atoms with Gasteiger partial charge in [0.15, 0.2) is 5.17 Å². The van der Waals surface area contributed by atoms with Crippen LogP contribution >= 0.6 is 11.8 Å². The van der Waals surface area contributed by atoms with Gasteiger partial charge in [-0.2, -0.15) is 0 Å². The fraction of sp³-hybridized carbons (Fsp3) is 0.276. The molecule has 37 heavy (non-hydrogen) atoms. The minimum Gasteiger partial charge on any atom is -0.493 e. The SMILES string of the molecule is CCOc1ccc2ccccc2c1/C=C1/SC(=Nc2cccc(C(=O)N3CCOCC3)c2)N(CC)C1=O. The fourth-order valence-electron chi connectivity index (χ4n) is 4.48. The molecule has 3 aromatic carbocycles. The molecule has 2 amide bonds. The van der Waals surface area contributed by atoms with E-state index in [-0.39, 0.29) is 11.8 Å². The van der Waals surface area contributed by atoms with Gasteiger partial charge in [-0.15, -0.1) is 0 Å². The molecule has 5 rings (SSSR count). The molecular formula is C29H29N3O4S. The lowest BCUT2D eigenvalue weighted by Crippen LogP contribution is -2.40. The summed E-state index contributed by atoms with van der Waals surface area (Å²) >= 11 is 1.34. The molecule has 7 nitrogen and oxygen atoms in total. The van der Waals surface area contributed by atoms with Gasteiger partial charge in [0.2, 0.25) is 0 Å². The Morgan fingerprint density at radius 3 is 2.68 bits per heavy atom. The molecule has 0 saturated carbocycles. The molecule has 0 spiro atoms. The molecule has 8 heteroatoms. The first-order valence-electron chi connectivity index (χ1n) is 12.5. The van der Waals surface area contributed by atoms with Gasteiger partial charge >= 0.3 is 0 Å². The van der Waals surface area contributed by atoms with Gasteiger partial charge in [-0.25, -0.2) is 4.99 Å². The molecule has 2 aliphatic rings. The average molecular weight is 516 g/mol. The second-order valence-corrected chi connectivity index (χ2v) is 9.65. The number of amides is 2. The van der Waals surface area contributed by atoms with Gasteiger partial charge < -0.3 is 14.4 Å². The van der Waals surface area contributed by atoms with Crippen molar-refractivity contribution in [2.75, 3.05) is 39.5 Å². The second kappa shape index (κ2) is 11.2. The minimum absolute atomic E-state index is 0.0344. The summed E-state index contributed by atoms with van der Waals surface area (Å²) in [7, 11) is 0. The predicted octanol–water partition coefficient (Wildman–Crippen LogP) is 5.33. The van der Waals surface area contributed by atoms with E-state index in [4.69, 9.17) is 14.5 Å². The maximum atomic E-state index is 13.4. The Morgan fingerprint density at radius 2 is 1.89 bits per heavy atom. The molecular weight excluding hydrogens is 486 g/mol. The first-order chi connectivity index (χ1) is 18.1. The first kappa shape index (κ1) is 25.0. The maximum Gasteiger partial charge on any atom is 0.266 e. The highest BCUT2D eigenvalue weighted by molar-refractivity contribution is 8.18. The number of thioether (sulfide) groups is 1. The van der Waals surface area contributed by atoms with Gasteiger partial charge in [-0.1, -0.05) is 36.4 Å². The number of fused-ring (bicyclic) bond motifs is 1. The minimum atomic E-state index is -0.0952. The van der Waals surface area contributed by atoms with Crippen LogP contribution in [0.25, 0.3) is 16.8 Å². The Bertz CT molecular complexity index is 1390. The number of likely N-dealkylation sites (N-methyl/N-ethyl adjacent to an activating group) is 1. The number of benzene rings is 3. The molecule has 2 saturated heterocycles. The Hall–Kier alpha value is -3.62. The molecule has 0 radical (unpaired) electrons. The highest BCUT2D eigenvalue weighted by Crippen LogP contribution is 2.38. The molecule has 0 aliphatic carbocycles. The van der Waals surface area contributed by atoms with E-state index in [1.807, 2.05) is 68.5 Å². The van der Waals surface area contributed by atoms with E-state index in [1.54, 1.807) is 21.9 Å². The quantitative estimate of drug-likeness (QED) is 0.415. The topological polar surface area (TPSA) is 71.4 Å². The number of amidine groups is 1. The Labute approximate surface area is 220 Å². The van der Waals surface area contributed by atoms with Crippen LogP contribution in [0, 0.1) is 0 Å². The zero-order chi connectivity index (χ0) is 25.8. The summed E-state index contributed by atoms with van der Waals surface area (Å²) < 4.78 is 11.3. The van der Waals surface area contributed by atoms with Crippen LogP contribution in [-0.4, -0.2) is 66.2 Å². The third-order valence-corrected chi connectivity index (χ3v) is 7.33. The van der Waals surface area contributed by atoms with E-state index in [0.29, 0.717) is 60.8 Å². The molecule has 2 heterocycles. The lowest BCUT2D eigenvalue weighted by molar-refractivity contribution is -0.122. The smallest absolute Gasteiger partial charge is 0.266 e. The second-order valence-electron chi connectivity index (χ2n) is 8.64. The van der Waals surface area contributed by atoms with Crippen molar-refractivity contribution in [1.29, 1.82) is 0 Å². The van der Waals surface area contributed by atoms with Crippen LogP contribution < -0.4 is 4.74 Å². The Balaban J connectivity index is 1.48. The van der Waals surface area contributed by atoms with Crippen molar-refractivity contribution in [2.24, 2.45) is 4.99 Å². The van der Waals surface area contributed by atoms with Crippen molar-refractivity contribution in [3.8, 4) is 5.75 Å². The summed E-state index contributed by atoms with van der Waals surface area (Å²) in [5.41, 5.74) is 2.09. The molecule has 0 atom stereocenters. The third kappa shape index (κ3) is 5.26. The van der Waals surface area contributed by atoms with Gasteiger partial charge in [-0.3, -0.25) is 14.5 Å². The number of ether oxygens (including phenoxy) is 2. The molecule has 0 aromatic heterocycles. The Morgan fingerprint density at radius 1 is 1.08 bits per heavy atom. The number of carbonyl (C=O) groups is 2. The van der Waals surface area contributed by atoms with Crippen LogP contribution in [0.15, 0.2) is 70.6 Å². The van der Waals surface area contributed by atoms with Crippen LogP contribution in [0.5, 0.6) is 5.75 Å². The molecule has 0 bridgehead atoms.